The van der Waals surface area contributed by atoms with E-state index in [9.17, 15) is 14.4 Å². The SMILES string of the molecule is COCn1c(C=O)cc(=O)n(COC)c1=O. The normalized spacial score (nSPS) is 10.4. The predicted octanol–water partition coefficient (Wildman–Crippen LogP) is -0.970. The van der Waals surface area contributed by atoms with E-state index in [1.54, 1.807) is 0 Å². The predicted molar refractivity (Wildman–Crippen MR) is 54.4 cm³/mol. The molecule has 1 aromatic heterocycles. The molecule has 0 aliphatic carbocycles. The quantitative estimate of drug-likeness (QED) is 0.606. The molecule has 1 rings (SSSR count). The molecule has 0 spiro atoms. The number of ether oxygens (including phenoxy) is 2. The highest BCUT2D eigenvalue weighted by molar-refractivity contribution is 5.71. The number of hydrogen-bond donors (Lipinski definition) is 0. The van der Waals surface area contributed by atoms with Crippen molar-refractivity contribution < 1.29 is 14.3 Å². The van der Waals surface area contributed by atoms with Crippen LogP contribution in [0.4, 0.5) is 0 Å². The van der Waals surface area contributed by atoms with Crippen LogP contribution in [-0.2, 0) is 22.9 Å². The summed E-state index contributed by atoms with van der Waals surface area (Å²) >= 11 is 0. The average molecular weight is 228 g/mol. The zero-order valence-corrected chi connectivity index (χ0v) is 9.00. The van der Waals surface area contributed by atoms with Crippen LogP contribution >= 0.6 is 0 Å². The van der Waals surface area contributed by atoms with E-state index >= 15 is 0 Å². The first kappa shape index (κ1) is 12.3. The molecule has 0 aliphatic rings. The Morgan fingerprint density at radius 2 is 1.75 bits per heavy atom. The van der Waals surface area contributed by atoms with Crippen molar-refractivity contribution in [1.82, 2.24) is 9.13 Å². The molecule has 0 saturated carbocycles. The minimum atomic E-state index is -0.640. The van der Waals surface area contributed by atoms with Gasteiger partial charge in [0.2, 0.25) is 0 Å². The lowest BCUT2D eigenvalue weighted by atomic mass is 10.4. The molecule has 0 bridgehead atoms. The minimum Gasteiger partial charge on any atom is -0.364 e. The minimum absolute atomic E-state index is 0.0239. The molecule has 0 aliphatic heterocycles. The van der Waals surface area contributed by atoms with Gasteiger partial charge in [0.15, 0.2) is 6.29 Å². The van der Waals surface area contributed by atoms with Gasteiger partial charge in [0.05, 0.1) is 5.69 Å². The maximum absolute atomic E-state index is 11.8. The number of aldehydes is 1. The smallest absolute Gasteiger partial charge is 0.335 e. The fraction of sp³-hybridized carbons (Fsp3) is 0.444. The summed E-state index contributed by atoms with van der Waals surface area (Å²) in [6.45, 7) is -0.266. The van der Waals surface area contributed by atoms with E-state index in [0.717, 1.165) is 15.2 Å². The molecule has 0 radical (unpaired) electrons. The lowest BCUT2D eigenvalue weighted by Crippen LogP contribution is -2.41. The van der Waals surface area contributed by atoms with Gasteiger partial charge in [-0.1, -0.05) is 0 Å². The Morgan fingerprint density at radius 1 is 1.19 bits per heavy atom. The molecule has 16 heavy (non-hydrogen) atoms. The van der Waals surface area contributed by atoms with E-state index in [0.29, 0.717) is 6.29 Å². The number of hydrogen-bond acceptors (Lipinski definition) is 5. The van der Waals surface area contributed by atoms with Crippen molar-refractivity contribution in [3.05, 3.63) is 32.6 Å². The maximum Gasteiger partial charge on any atom is 0.335 e. The van der Waals surface area contributed by atoms with E-state index in [1.807, 2.05) is 0 Å². The van der Waals surface area contributed by atoms with E-state index in [-0.39, 0.29) is 19.2 Å². The second-order valence-corrected chi connectivity index (χ2v) is 3.00. The van der Waals surface area contributed by atoms with Crippen molar-refractivity contribution in [2.24, 2.45) is 0 Å². The lowest BCUT2D eigenvalue weighted by Gasteiger charge is -2.10. The van der Waals surface area contributed by atoms with Crippen molar-refractivity contribution in [2.75, 3.05) is 14.2 Å². The molecular formula is C9H12N2O5. The topological polar surface area (TPSA) is 79.5 Å². The van der Waals surface area contributed by atoms with Crippen molar-refractivity contribution in [2.45, 2.75) is 13.5 Å². The highest BCUT2D eigenvalue weighted by Crippen LogP contribution is 1.89. The molecule has 0 aromatic carbocycles. The van der Waals surface area contributed by atoms with Gasteiger partial charge in [-0.3, -0.25) is 14.2 Å². The van der Waals surface area contributed by atoms with Crippen LogP contribution in [0.3, 0.4) is 0 Å². The van der Waals surface area contributed by atoms with Gasteiger partial charge >= 0.3 is 5.69 Å². The number of rotatable bonds is 5. The Balaban J connectivity index is 3.45. The number of carbonyl (C=O) groups excluding carboxylic acids is 1. The Kier molecular flexibility index (Phi) is 4.15. The third-order valence-electron chi connectivity index (χ3n) is 1.95. The zero-order valence-electron chi connectivity index (χ0n) is 9.00. The zero-order chi connectivity index (χ0) is 12.1. The first-order valence-corrected chi connectivity index (χ1v) is 4.43. The molecule has 7 nitrogen and oxygen atoms in total. The Hall–Kier alpha value is -1.73. The summed E-state index contributed by atoms with van der Waals surface area (Å²) in [6.07, 6.45) is 0.430. The molecule has 1 aromatic rings. The van der Waals surface area contributed by atoms with Gasteiger partial charge in [0.25, 0.3) is 5.56 Å². The van der Waals surface area contributed by atoms with Gasteiger partial charge in [-0.15, -0.1) is 0 Å². The summed E-state index contributed by atoms with van der Waals surface area (Å²) in [5.41, 5.74) is -1.25. The van der Waals surface area contributed by atoms with Crippen molar-refractivity contribution in [1.29, 1.82) is 0 Å². The summed E-state index contributed by atoms with van der Waals surface area (Å²) in [6, 6.07) is 1.06. The molecular weight excluding hydrogens is 216 g/mol. The monoisotopic (exact) mass is 228 g/mol. The fourth-order valence-electron chi connectivity index (χ4n) is 1.24. The van der Waals surface area contributed by atoms with Crippen molar-refractivity contribution in [3.8, 4) is 0 Å². The van der Waals surface area contributed by atoms with Crippen LogP contribution in [-0.4, -0.2) is 29.6 Å². The second-order valence-electron chi connectivity index (χ2n) is 3.00. The summed E-state index contributed by atoms with van der Waals surface area (Å²) in [7, 11) is 2.74. The molecule has 88 valence electrons. The summed E-state index contributed by atoms with van der Waals surface area (Å²) in [5.74, 6) is 0. The van der Waals surface area contributed by atoms with Gasteiger partial charge in [0, 0.05) is 20.3 Å². The molecule has 0 N–H and O–H groups in total. The first-order valence-electron chi connectivity index (χ1n) is 4.43. The highest BCUT2D eigenvalue weighted by Gasteiger charge is 2.10. The van der Waals surface area contributed by atoms with Crippen molar-refractivity contribution in [3.63, 3.8) is 0 Å². The number of methoxy groups -OCH3 is 2. The van der Waals surface area contributed by atoms with E-state index in [4.69, 9.17) is 9.47 Å². The highest BCUT2D eigenvalue weighted by atomic mass is 16.5. The number of carbonyl (C=O) groups is 1. The Labute approximate surface area is 90.8 Å². The van der Waals surface area contributed by atoms with Gasteiger partial charge in [-0.25, -0.2) is 9.36 Å². The third kappa shape index (κ3) is 2.26. The molecule has 0 unspecified atom stereocenters. The lowest BCUT2D eigenvalue weighted by molar-refractivity contribution is 0.0976. The summed E-state index contributed by atoms with van der Waals surface area (Å²) in [4.78, 5) is 33.9. The largest absolute Gasteiger partial charge is 0.364 e. The van der Waals surface area contributed by atoms with Gasteiger partial charge in [0.1, 0.15) is 13.5 Å². The fourth-order valence-corrected chi connectivity index (χ4v) is 1.24. The van der Waals surface area contributed by atoms with E-state index < -0.39 is 11.2 Å². The van der Waals surface area contributed by atoms with Crippen LogP contribution in [0.5, 0.6) is 0 Å². The standard InChI is InChI=1S/C9H12N2O5/c1-15-5-10-7(4-12)3-8(13)11(6-16-2)9(10)14/h3-4H,5-6H2,1-2H3. The molecule has 7 heteroatoms. The summed E-state index contributed by atoms with van der Waals surface area (Å²) < 4.78 is 11.4. The summed E-state index contributed by atoms with van der Waals surface area (Å²) in [5, 5.41) is 0. The van der Waals surface area contributed by atoms with Crippen molar-refractivity contribution >= 4 is 6.29 Å². The Bertz CT molecular complexity index is 488. The van der Waals surface area contributed by atoms with Crippen LogP contribution in [0.25, 0.3) is 0 Å². The Morgan fingerprint density at radius 3 is 2.25 bits per heavy atom. The number of nitrogens with zero attached hydrogens (tertiary/aromatic N) is 2. The third-order valence-corrected chi connectivity index (χ3v) is 1.95. The van der Waals surface area contributed by atoms with Crippen LogP contribution < -0.4 is 11.2 Å². The van der Waals surface area contributed by atoms with Crippen LogP contribution in [0, 0.1) is 0 Å². The van der Waals surface area contributed by atoms with E-state index in [1.165, 1.54) is 14.2 Å². The van der Waals surface area contributed by atoms with Crippen LogP contribution in [0.1, 0.15) is 10.5 Å². The maximum atomic E-state index is 11.8. The van der Waals surface area contributed by atoms with Gasteiger partial charge in [-0.05, 0) is 0 Å². The second kappa shape index (κ2) is 5.38. The van der Waals surface area contributed by atoms with E-state index in [2.05, 4.69) is 0 Å². The average Bonchev–Trinajstić information content (AvgIpc) is 2.28. The van der Waals surface area contributed by atoms with Gasteiger partial charge in [-0.2, -0.15) is 0 Å². The molecule has 0 atom stereocenters. The first-order chi connectivity index (χ1) is 7.65. The molecule has 0 amide bonds. The number of aromatic nitrogens is 2. The molecule has 0 fully saturated rings. The van der Waals surface area contributed by atoms with Crippen LogP contribution in [0.15, 0.2) is 15.7 Å². The van der Waals surface area contributed by atoms with Gasteiger partial charge < -0.3 is 9.47 Å². The molecule has 1 heterocycles. The van der Waals surface area contributed by atoms with Crippen LogP contribution in [0.2, 0.25) is 0 Å². The molecule has 0 saturated heterocycles.